The van der Waals surface area contributed by atoms with Crippen molar-refractivity contribution in [2.24, 2.45) is 0 Å². The van der Waals surface area contributed by atoms with E-state index in [1.54, 1.807) is 13.2 Å². The summed E-state index contributed by atoms with van der Waals surface area (Å²) in [6.45, 7) is 0.209. The fourth-order valence-electron chi connectivity index (χ4n) is 2.70. The highest BCUT2D eigenvalue weighted by molar-refractivity contribution is 6.36. The van der Waals surface area contributed by atoms with Crippen LogP contribution in [0.5, 0.6) is 5.75 Å². The second-order valence-electron chi connectivity index (χ2n) is 6.13. The van der Waals surface area contributed by atoms with E-state index in [1.807, 2.05) is 36.4 Å². The summed E-state index contributed by atoms with van der Waals surface area (Å²) in [6, 6.07) is 16.3. The lowest BCUT2D eigenvalue weighted by atomic mass is 10.1. The van der Waals surface area contributed by atoms with Crippen LogP contribution >= 0.6 is 23.2 Å². The molecule has 7 heteroatoms. The lowest BCUT2D eigenvalue weighted by molar-refractivity contribution is -0.120. The molecule has 28 heavy (non-hydrogen) atoms. The molecule has 0 atom stereocenters. The Kier molecular flexibility index (Phi) is 6.39. The highest BCUT2D eigenvalue weighted by Crippen LogP contribution is 2.22. The summed E-state index contributed by atoms with van der Waals surface area (Å²) in [7, 11) is 1.63. The first kappa shape index (κ1) is 20.0. The molecule has 0 heterocycles. The fourth-order valence-corrected chi connectivity index (χ4v) is 3.20. The number of amides is 2. The maximum Gasteiger partial charge on any atom is 0.253 e. The van der Waals surface area contributed by atoms with Crippen LogP contribution in [0.25, 0.3) is 10.8 Å². The highest BCUT2D eigenvalue weighted by Gasteiger charge is 2.12. The van der Waals surface area contributed by atoms with Gasteiger partial charge in [0.1, 0.15) is 5.75 Å². The molecule has 0 saturated carbocycles. The minimum atomic E-state index is -0.434. The second kappa shape index (κ2) is 8.95. The van der Waals surface area contributed by atoms with Crippen LogP contribution in [0.1, 0.15) is 15.9 Å². The van der Waals surface area contributed by atoms with E-state index in [0.717, 1.165) is 22.1 Å². The Bertz CT molecular complexity index is 1040. The molecule has 3 aromatic rings. The van der Waals surface area contributed by atoms with Gasteiger partial charge in [0.15, 0.2) is 0 Å². The molecule has 0 aliphatic carbocycles. The normalized spacial score (nSPS) is 10.5. The van der Waals surface area contributed by atoms with Gasteiger partial charge in [0.25, 0.3) is 5.91 Å². The minimum Gasteiger partial charge on any atom is -0.497 e. The molecular weight excluding hydrogens is 399 g/mol. The molecule has 144 valence electrons. The van der Waals surface area contributed by atoms with Gasteiger partial charge in [-0.05, 0) is 52.7 Å². The number of hydrogen-bond acceptors (Lipinski definition) is 3. The number of carbonyl (C=O) groups is 2. The van der Waals surface area contributed by atoms with Crippen LogP contribution in [0.4, 0.5) is 0 Å². The van der Waals surface area contributed by atoms with Crippen LogP contribution in [-0.4, -0.2) is 25.5 Å². The molecule has 2 amide bonds. The Morgan fingerprint density at radius 2 is 1.68 bits per heavy atom. The van der Waals surface area contributed by atoms with Gasteiger partial charge >= 0.3 is 0 Å². The summed E-state index contributed by atoms with van der Waals surface area (Å²) in [4.78, 5) is 24.2. The molecule has 0 fully saturated rings. The van der Waals surface area contributed by atoms with Gasteiger partial charge in [-0.3, -0.25) is 9.59 Å². The number of ether oxygens (including phenoxy) is 1. The smallest absolute Gasteiger partial charge is 0.253 e. The Hall–Kier alpha value is -2.76. The summed E-state index contributed by atoms with van der Waals surface area (Å²) in [5.41, 5.74) is 1.22. The van der Waals surface area contributed by atoms with E-state index in [0.29, 0.717) is 11.6 Å². The van der Waals surface area contributed by atoms with Gasteiger partial charge in [0.05, 0.1) is 24.2 Å². The lowest BCUT2D eigenvalue weighted by Gasteiger charge is -2.09. The van der Waals surface area contributed by atoms with Gasteiger partial charge < -0.3 is 15.4 Å². The fraction of sp³-hybridized carbons (Fsp3) is 0.143. The summed E-state index contributed by atoms with van der Waals surface area (Å²) in [5, 5.41) is 8.11. The Morgan fingerprint density at radius 1 is 0.929 bits per heavy atom. The molecule has 0 aliphatic heterocycles. The highest BCUT2D eigenvalue weighted by atomic mass is 35.5. The van der Waals surface area contributed by atoms with E-state index in [2.05, 4.69) is 10.6 Å². The Labute approximate surface area is 172 Å². The van der Waals surface area contributed by atoms with Crippen LogP contribution in [0.3, 0.4) is 0 Å². The van der Waals surface area contributed by atoms with E-state index < -0.39 is 5.91 Å². The summed E-state index contributed by atoms with van der Waals surface area (Å²) in [5.74, 6) is 0.0646. The molecule has 0 spiro atoms. The summed E-state index contributed by atoms with van der Waals surface area (Å²) < 4.78 is 5.22. The van der Waals surface area contributed by atoms with Crippen molar-refractivity contribution < 1.29 is 14.3 Å². The molecule has 0 unspecified atom stereocenters. The third-order valence-electron chi connectivity index (χ3n) is 4.19. The van der Waals surface area contributed by atoms with Gasteiger partial charge in [0, 0.05) is 11.6 Å². The first-order chi connectivity index (χ1) is 13.5. The maximum atomic E-state index is 12.1. The number of fused-ring (bicyclic) bond motifs is 1. The lowest BCUT2D eigenvalue weighted by Crippen LogP contribution is -2.36. The topological polar surface area (TPSA) is 67.4 Å². The molecule has 2 N–H and O–H groups in total. The maximum absolute atomic E-state index is 12.1. The van der Waals surface area contributed by atoms with E-state index in [9.17, 15) is 9.59 Å². The van der Waals surface area contributed by atoms with E-state index in [-0.39, 0.29) is 23.0 Å². The number of rotatable bonds is 6. The van der Waals surface area contributed by atoms with Crippen LogP contribution < -0.4 is 15.4 Å². The van der Waals surface area contributed by atoms with Crippen LogP contribution in [0.2, 0.25) is 10.0 Å². The molecule has 3 aromatic carbocycles. The zero-order chi connectivity index (χ0) is 20.1. The zero-order valence-electron chi connectivity index (χ0n) is 15.1. The number of hydrogen-bond donors (Lipinski definition) is 2. The predicted molar refractivity (Wildman–Crippen MR) is 111 cm³/mol. The third kappa shape index (κ3) is 4.94. The second-order valence-corrected chi connectivity index (χ2v) is 6.97. The van der Waals surface area contributed by atoms with Gasteiger partial charge in [-0.25, -0.2) is 0 Å². The first-order valence-corrected chi connectivity index (χ1v) is 9.28. The van der Waals surface area contributed by atoms with Crippen molar-refractivity contribution in [3.63, 3.8) is 0 Å². The predicted octanol–water partition coefficient (Wildman–Crippen LogP) is 4.20. The van der Waals surface area contributed by atoms with Crippen molar-refractivity contribution >= 4 is 45.8 Å². The van der Waals surface area contributed by atoms with Crippen LogP contribution in [0.15, 0.2) is 54.6 Å². The quantitative estimate of drug-likeness (QED) is 0.632. The average molecular weight is 417 g/mol. The van der Waals surface area contributed by atoms with E-state index in [4.69, 9.17) is 27.9 Å². The number of methoxy groups -OCH3 is 1. The average Bonchev–Trinajstić information content (AvgIpc) is 2.69. The molecule has 3 rings (SSSR count). The Morgan fingerprint density at radius 3 is 2.43 bits per heavy atom. The Balaban J connectivity index is 1.54. The van der Waals surface area contributed by atoms with Crippen LogP contribution in [-0.2, 0) is 11.3 Å². The monoisotopic (exact) mass is 416 g/mol. The minimum absolute atomic E-state index is 0.150. The molecule has 0 saturated heterocycles. The van der Waals surface area contributed by atoms with Crippen molar-refractivity contribution in [2.75, 3.05) is 13.7 Å². The van der Waals surface area contributed by atoms with E-state index >= 15 is 0 Å². The molecule has 0 radical (unpaired) electrons. The largest absolute Gasteiger partial charge is 0.497 e. The first-order valence-electron chi connectivity index (χ1n) is 8.53. The number of carbonyl (C=O) groups excluding carboxylic acids is 2. The molecule has 0 aromatic heterocycles. The van der Waals surface area contributed by atoms with Gasteiger partial charge in [-0.1, -0.05) is 41.4 Å². The number of halogens is 2. The molecule has 0 bridgehead atoms. The molecule has 5 nitrogen and oxygen atoms in total. The van der Waals surface area contributed by atoms with E-state index in [1.165, 1.54) is 12.1 Å². The van der Waals surface area contributed by atoms with Crippen molar-refractivity contribution in [3.8, 4) is 5.75 Å². The van der Waals surface area contributed by atoms with Crippen LogP contribution in [0, 0.1) is 0 Å². The van der Waals surface area contributed by atoms with Crippen molar-refractivity contribution in [1.29, 1.82) is 0 Å². The third-order valence-corrected chi connectivity index (χ3v) is 4.73. The standard InChI is InChI=1S/C21H18Cl2N2O3/c1-28-17-6-4-14-8-13(2-3-15(14)9-17)11-24-20(26)12-25-21(27)18-7-5-16(22)10-19(18)23/h2-10H,11-12H2,1H3,(H,24,26)(H,25,27). The zero-order valence-corrected chi connectivity index (χ0v) is 16.6. The SMILES string of the molecule is COc1ccc2cc(CNC(=O)CNC(=O)c3ccc(Cl)cc3Cl)ccc2c1. The number of benzene rings is 3. The number of nitrogens with one attached hydrogen (secondary N) is 2. The molecular formula is C21H18Cl2N2O3. The van der Waals surface area contributed by atoms with Crippen molar-refractivity contribution in [2.45, 2.75) is 6.54 Å². The molecule has 0 aliphatic rings. The summed E-state index contributed by atoms with van der Waals surface area (Å²) >= 11 is 11.8. The van der Waals surface area contributed by atoms with Crippen molar-refractivity contribution in [3.05, 3.63) is 75.8 Å². The van der Waals surface area contributed by atoms with Gasteiger partial charge in [0.2, 0.25) is 5.91 Å². The van der Waals surface area contributed by atoms with Gasteiger partial charge in [-0.2, -0.15) is 0 Å². The van der Waals surface area contributed by atoms with Gasteiger partial charge in [-0.15, -0.1) is 0 Å². The van der Waals surface area contributed by atoms with Crippen molar-refractivity contribution in [1.82, 2.24) is 10.6 Å². The summed E-state index contributed by atoms with van der Waals surface area (Å²) in [6.07, 6.45) is 0.